The molecule has 6 nitrogen and oxygen atoms in total. The fraction of sp³-hybridized carbons (Fsp3) is 0.842. The maximum Gasteiger partial charge on any atom is 0.232 e. The SMILES string of the molecule is CCNC(=NCc1noc(C(C)(C)C)n1)NC1CCC(C(C)C)CC1. The summed E-state index contributed by atoms with van der Waals surface area (Å²) in [5, 5.41) is 10.9. The molecule has 1 saturated carbocycles. The van der Waals surface area contributed by atoms with Crippen LogP contribution in [0.15, 0.2) is 9.52 Å². The summed E-state index contributed by atoms with van der Waals surface area (Å²) in [6.07, 6.45) is 5.02. The first-order valence-corrected chi connectivity index (χ1v) is 9.67. The quantitative estimate of drug-likeness (QED) is 0.627. The van der Waals surface area contributed by atoms with Crippen molar-refractivity contribution in [3.63, 3.8) is 0 Å². The minimum absolute atomic E-state index is 0.132. The molecule has 142 valence electrons. The van der Waals surface area contributed by atoms with Gasteiger partial charge >= 0.3 is 0 Å². The predicted octanol–water partition coefficient (Wildman–Crippen LogP) is 3.64. The van der Waals surface area contributed by atoms with E-state index >= 15 is 0 Å². The van der Waals surface area contributed by atoms with Crippen LogP contribution in [0.3, 0.4) is 0 Å². The Labute approximate surface area is 152 Å². The summed E-state index contributed by atoms with van der Waals surface area (Å²) in [6, 6.07) is 0.503. The van der Waals surface area contributed by atoms with Gasteiger partial charge in [-0.2, -0.15) is 4.98 Å². The third-order valence-corrected chi connectivity index (χ3v) is 4.89. The standard InChI is InChI=1S/C19H35N5O/c1-7-20-18(22-15-10-8-14(9-11-15)13(2)3)21-12-16-23-17(25-24-16)19(4,5)6/h13-15H,7-12H2,1-6H3,(H2,20,21,22). The van der Waals surface area contributed by atoms with Crippen LogP contribution in [0.1, 0.15) is 78.9 Å². The van der Waals surface area contributed by atoms with Gasteiger partial charge in [0, 0.05) is 18.0 Å². The van der Waals surface area contributed by atoms with Gasteiger partial charge in [-0.15, -0.1) is 0 Å². The van der Waals surface area contributed by atoms with Crippen molar-refractivity contribution in [2.24, 2.45) is 16.8 Å². The number of rotatable bonds is 5. The summed E-state index contributed by atoms with van der Waals surface area (Å²) in [7, 11) is 0. The Morgan fingerprint density at radius 3 is 2.44 bits per heavy atom. The molecule has 0 radical (unpaired) electrons. The lowest BCUT2D eigenvalue weighted by Crippen LogP contribution is -2.45. The average Bonchev–Trinajstić information content (AvgIpc) is 3.02. The van der Waals surface area contributed by atoms with Crippen LogP contribution in [0.4, 0.5) is 0 Å². The summed E-state index contributed by atoms with van der Waals surface area (Å²) in [4.78, 5) is 9.09. The first-order chi connectivity index (χ1) is 11.8. The molecule has 0 spiro atoms. The Balaban J connectivity index is 1.91. The zero-order valence-electron chi connectivity index (χ0n) is 16.7. The minimum Gasteiger partial charge on any atom is -0.357 e. The lowest BCUT2D eigenvalue weighted by Gasteiger charge is -2.32. The zero-order chi connectivity index (χ0) is 18.4. The van der Waals surface area contributed by atoms with Gasteiger partial charge in [-0.3, -0.25) is 0 Å². The summed E-state index contributed by atoms with van der Waals surface area (Å²) in [5.41, 5.74) is -0.132. The molecule has 0 saturated heterocycles. The van der Waals surface area contributed by atoms with Gasteiger partial charge in [0.05, 0.1) is 0 Å². The Hall–Kier alpha value is -1.59. The van der Waals surface area contributed by atoms with Crippen molar-refractivity contribution in [1.29, 1.82) is 0 Å². The van der Waals surface area contributed by atoms with E-state index in [1.807, 2.05) is 0 Å². The number of guanidine groups is 1. The average molecular weight is 350 g/mol. The van der Waals surface area contributed by atoms with E-state index in [0.717, 1.165) is 24.3 Å². The third-order valence-electron chi connectivity index (χ3n) is 4.89. The Morgan fingerprint density at radius 2 is 1.92 bits per heavy atom. The maximum atomic E-state index is 5.33. The fourth-order valence-corrected chi connectivity index (χ4v) is 3.22. The van der Waals surface area contributed by atoms with Gasteiger partial charge in [0.15, 0.2) is 11.8 Å². The lowest BCUT2D eigenvalue weighted by atomic mass is 9.80. The lowest BCUT2D eigenvalue weighted by molar-refractivity contribution is 0.250. The molecule has 0 bridgehead atoms. The summed E-state index contributed by atoms with van der Waals surface area (Å²) in [6.45, 7) is 14.2. The van der Waals surface area contributed by atoms with Crippen molar-refractivity contribution < 1.29 is 4.52 Å². The molecule has 0 aliphatic heterocycles. The highest BCUT2D eigenvalue weighted by atomic mass is 16.5. The largest absolute Gasteiger partial charge is 0.357 e. The van der Waals surface area contributed by atoms with Crippen molar-refractivity contribution in [3.05, 3.63) is 11.7 Å². The highest BCUT2D eigenvalue weighted by Crippen LogP contribution is 2.29. The van der Waals surface area contributed by atoms with Crippen LogP contribution in [-0.2, 0) is 12.0 Å². The van der Waals surface area contributed by atoms with E-state index in [4.69, 9.17) is 4.52 Å². The fourth-order valence-electron chi connectivity index (χ4n) is 3.22. The number of aromatic nitrogens is 2. The molecule has 2 rings (SSSR count). The van der Waals surface area contributed by atoms with E-state index in [2.05, 4.69) is 67.3 Å². The summed E-state index contributed by atoms with van der Waals surface area (Å²) in [5.74, 6) is 3.79. The summed E-state index contributed by atoms with van der Waals surface area (Å²) >= 11 is 0. The first-order valence-electron chi connectivity index (χ1n) is 9.67. The molecule has 0 unspecified atom stereocenters. The van der Waals surface area contributed by atoms with Gasteiger partial charge in [-0.05, 0) is 44.4 Å². The molecule has 0 atom stereocenters. The Kier molecular flexibility index (Phi) is 6.85. The van der Waals surface area contributed by atoms with Crippen molar-refractivity contribution >= 4 is 5.96 Å². The van der Waals surface area contributed by atoms with E-state index in [1.54, 1.807) is 0 Å². The van der Waals surface area contributed by atoms with Crippen molar-refractivity contribution in [2.75, 3.05) is 6.54 Å². The van der Waals surface area contributed by atoms with E-state index < -0.39 is 0 Å². The second-order valence-electron chi connectivity index (χ2n) is 8.46. The number of nitrogens with one attached hydrogen (secondary N) is 2. The molecule has 1 heterocycles. The van der Waals surface area contributed by atoms with E-state index in [1.165, 1.54) is 25.7 Å². The number of hydrogen-bond acceptors (Lipinski definition) is 4. The van der Waals surface area contributed by atoms with Crippen LogP contribution in [-0.4, -0.2) is 28.7 Å². The molecule has 1 aromatic heterocycles. The first kappa shape index (κ1) is 19.7. The molecule has 25 heavy (non-hydrogen) atoms. The number of nitrogens with zero attached hydrogens (tertiary/aromatic N) is 3. The van der Waals surface area contributed by atoms with Gasteiger partial charge in [0.25, 0.3) is 0 Å². The molecule has 1 aliphatic carbocycles. The van der Waals surface area contributed by atoms with Gasteiger partial charge in [-0.1, -0.05) is 39.8 Å². The Bertz CT molecular complexity index is 550. The highest BCUT2D eigenvalue weighted by molar-refractivity contribution is 5.80. The van der Waals surface area contributed by atoms with Crippen molar-refractivity contribution in [1.82, 2.24) is 20.8 Å². The molecule has 0 aromatic carbocycles. The maximum absolute atomic E-state index is 5.33. The van der Waals surface area contributed by atoms with Crippen LogP contribution < -0.4 is 10.6 Å². The normalized spacial score (nSPS) is 22.3. The van der Waals surface area contributed by atoms with E-state index in [0.29, 0.717) is 24.3 Å². The van der Waals surface area contributed by atoms with Crippen molar-refractivity contribution in [2.45, 2.75) is 85.2 Å². The van der Waals surface area contributed by atoms with Gasteiger partial charge in [0.1, 0.15) is 6.54 Å². The van der Waals surface area contributed by atoms with Crippen LogP contribution in [0.2, 0.25) is 0 Å². The van der Waals surface area contributed by atoms with Crippen molar-refractivity contribution in [3.8, 4) is 0 Å². The van der Waals surface area contributed by atoms with Crippen LogP contribution in [0.25, 0.3) is 0 Å². The molecule has 6 heteroatoms. The van der Waals surface area contributed by atoms with Gasteiger partial charge in [0.2, 0.25) is 5.89 Å². The molecular weight excluding hydrogens is 314 g/mol. The van der Waals surface area contributed by atoms with Gasteiger partial charge < -0.3 is 15.2 Å². The topological polar surface area (TPSA) is 75.3 Å². The van der Waals surface area contributed by atoms with Crippen LogP contribution in [0, 0.1) is 11.8 Å². The number of aliphatic imine (C=N–C) groups is 1. The molecule has 1 aromatic rings. The molecule has 0 amide bonds. The molecular formula is C19H35N5O. The van der Waals surface area contributed by atoms with E-state index in [9.17, 15) is 0 Å². The third kappa shape index (κ3) is 6.01. The molecule has 2 N–H and O–H groups in total. The second kappa shape index (κ2) is 8.68. The predicted molar refractivity (Wildman–Crippen MR) is 102 cm³/mol. The molecule has 1 aliphatic rings. The second-order valence-corrected chi connectivity index (χ2v) is 8.46. The zero-order valence-corrected chi connectivity index (χ0v) is 16.7. The minimum atomic E-state index is -0.132. The molecule has 1 fully saturated rings. The number of hydrogen-bond donors (Lipinski definition) is 2. The Morgan fingerprint density at radius 1 is 1.24 bits per heavy atom. The highest BCUT2D eigenvalue weighted by Gasteiger charge is 2.24. The monoisotopic (exact) mass is 349 g/mol. The summed E-state index contributed by atoms with van der Waals surface area (Å²) < 4.78 is 5.33. The van der Waals surface area contributed by atoms with Gasteiger partial charge in [-0.25, -0.2) is 4.99 Å². The van der Waals surface area contributed by atoms with Crippen LogP contribution in [0.5, 0.6) is 0 Å². The smallest absolute Gasteiger partial charge is 0.232 e. The van der Waals surface area contributed by atoms with Crippen LogP contribution >= 0.6 is 0 Å². The van der Waals surface area contributed by atoms with E-state index in [-0.39, 0.29) is 5.41 Å².